The summed E-state index contributed by atoms with van der Waals surface area (Å²) in [5.41, 5.74) is 7.37. The lowest BCUT2D eigenvalue weighted by molar-refractivity contribution is 0.261. The number of rotatable bonds is 3. The smallest absolute Gasteiger partial charge is 0.201 e. The normalized spacial score (nSPS) is 20.0. The lowest BCUT2D eigenvalue weighted by atomic mass is 10.1. The molecule has 1 aromatic carbocycles. The van der Waals surface area contributed by atoms with E-state index < -0.39 is 5.82 Å². The summed E-state index contributed by atoms with van der Waals surface area (Å²) in [5, 5.41) is 0.0824. The van der Waals surface area contributed by atoms with E-state index in [1.165, 1.54) is 12.1 Å². The first-order valence-corrected chi connectivity index (χ1v) is 7.68. The number of likely N-dealkylation sites (tertiary alicyclic amines) is 1. The van der Waals surface area contributed by atoms with Crippen LogP contribution in [-0.4, -0.2) is 33.6 Å². The minimum absolute atomic E-state index is 0.0824. The van der Waals surface area contributed by atoms with E-state index in [9.17, 15) is 4.39 Å². The zero-order chi connectivity index (χ0) is 15.1. The maximum atomic E-state index is 13.7. The largest absolute Gasteiger partial charge is 0.369 e. The van der Waals surface area contributed by atoms with E-state index in [1.54, 1.807) is 0 Å². The van der Waals surface area contributed by atoms with E-state index >= 15 is 0 Å². The number of hydrogen-bond donors (Lipinski definition) is 1. The second kappa shape index (κ2) is 5.46. The molecule has 1 aromatic heterocycles. The third-order valence-electron chi connectivity index (χ3n) is 4.31. The Morgan fingerprint density at radius 1 is 1.48 bits per heavy atom. The van der Waals surface area contributed by atoms with Crippen molar-refractivity contribution in [3.63, 3.8) is 0 Å². The van der Waals surface area contributed by atoms with E-state index in [2.05, 4.69) is 23.7 Å². The number of aromatic nitrogens is 2. The molecule has 2 N–H and O–H groups in total. The summed E-state index contributed by atoms with van der Waals surface area (Å²) in [6.07, 6.45) is 1.13. The highest BCUT2D eigenvalue weighted by atomic mass is 35.5. The lowest BCUT2D eigenvalue weighted by Gasteiger charge is -2.20. The first kappa shape index (κ1) is 14.6. The molecule has 2 aromatic rings. The van der Waals surface area contributed by atoms with Gasteiger partial charge in [0.2, 0.25) is 5.95 Å². The maximum Gasteiger partial charge on any atom is 0.201 e. The molecule has 4 nitrogen and oxygen atoms in total. The molecule has 6 heteroatoms. The van der Waals surface area contributed by atoms with Crippen LogP contribution in [0.4, 0.5) is 10.3 Å². The summed E-state index contributed by atoms with van der Waals surface area (Å²) in [6, 6.07) is 3.52. The van der Waals surface area contributed by atoms with Crippen molar-refractivity contribution in [1.29, 1.82) is 0 Å². The summed E-state index contributed by atoms with van der Waals surface area (Å²) < 4.78 is 15.6. The molecule has 1 aliphatic heterocycles. The second-order valence-electron chi connectivity index (χ2n) is 6.08. The van der Waals surface area contributed by atoms with Crippen LogP contribution >= 0.6 is 11.6 Å². The fourth-order valence-electron chi connectivity index (χ4n) is 3.07. The number of nitrogens with two attached hydrogens (primary N) is 1. The van der Waals surface area contributed by atoms with E-state index in [1.807, 2.05) is 4.57 Å². The molecule has 0 bridgehead atoms. The van der Waals surface area contributed by atoms with Gasteiger partial charge < -0.3 is 15.2 Å². The van der Waals surface area contributed by atoms with Crippen LogP contribution in [0.1, 0.15) is 20.3 Å². The van der Waals surface area contributed by atoms with Crippen LogP contribution in [0.2, 0.25) is 5.02 Å². The van der Waals surface area contributed by atoms with Gasteiger partial charge >= 0.3 is 0 Å². The Bertz CT molecular complexity index is 667. The molecule has 0 aliphatic carbocycles. The molecule has 0 amide bonds. The zero-order valence-electron chi connectivity index (χ0n) is 12.3. The predicted molar refractivity (Wildman–Crippen MR) is 83.9 cm³/mol. The molecule has 1 unspecified atom stereocenters. The van der Waals surface area contributed by atoms with Gasteiger partial charge in [0.25, 0.3) is 0 Å². The monoisotopic (exact) mass is 310 g/mol. The van der Waals surface area contributed by atoms with Crippen molar-refractivity contribution in [3.05, 3.63) is 23.0 Å². The average molecular weight is 311 g/mol. The van der Waals surface area contributed by atoms with Gasteiger partial charge in [-0.1, -0.05) is 11.6 Å². The highest BCUT2D eigenvalue weighted by Crippen LogP contribution is 2.27. The molecule has 0 saturated carbocycles. The predicted octanol–water partition coefficient (Wildman–Crippen LogP) is 3.14. The minimum Gasteiger partial charge on any atom is -0.369 e. The van der Waals surface area contributed by atoms with Crippen molar-refractivity contribution >= 4 is 28.6 Å². The van der Waals surface area contributed by atoms with Gasteiger partial charge in [-0.05, 0) is 38.8 Å². The molecule has 0 radical (unpaired) electrons. The zero-order valence-corrected chi connectivity index (χ0v) is 13.1. The number of nitrogens with zero attached hydrogens (tertiary/aromatic N) is 3. The minimum atomic E-state index is -0.430. The molecule has 0 spiro atoms. The fourth-order valence-corrected chi connectivity index (χ4v) is 3.23. The van der Waals surface area contributed by atoms with Crippen molar-refractivity contribution in [2.45, 2.75) is 32.9 Å². The summed E-state index contributed by atoms with van der Waals surface area (Å²) in [5.74, 6) is 0.515. The highest BCUT2D eigenvalue weighted by Gasteiger charge is 2.25. The van der Waals surface area contributed by atoms with Gasteiger partial charge in [-0.3, -0.25) is 0 Å². The van der Waals surface area contributed by atoms with Gasteiger partial charge in [0, 0.05) is 25.2 Å². The Morgan fingerprint density at radius 2 is 2.24 bits per heavy atom. The van der Waals surface area contributed by atoms with Crippen molar-refractivity contribution in [2.24, 2.45) is 5.92 Å². The number of nitrogen functional groups attached to an aromatic ring is 1. The Balaban J connectivity index is 1.87. The molecular weight excluding hydrogens is 291 g/mol. The van der Waals surface area contributed by atoms with Crippen LogP contribution in [0.25, 0.3) is 11.0 Å². The number of imidazole rings is 1. The van der Waals surface area contributed by atoms with Crippen LogP contribution < -0.4 is 5.73 Å². The maximum absolute atomic E-state index is 13.7. The molecule has 1 atom stereocenters. The van der Waals surface area contributed by atoms with Crippen molar-refractivity contribution < 1.29 is 4.39 Å². The number of fused-ring (bicyclic) bond motifs is 1. The van der Waals surface area contributed by atoms with Crippen LogP contribution in [0.3, 0.4) is 0 Å². The molecule has 1 aliphatic rings. The van der Waals surface area contributed by atoms with Gasteiger partial charge in [0.15, 0.2) is 0 Å². The number of hydrogen-bond acceptors (Lipinski definition) is 3. The van der Waals surface area contributed by atoms with Crippen LogP contribution in [-0.2, 0) is 6.54 Å². The van der Waals surface area contributed by atoms with Crippen LogP contribution in [0.15, 0.2) is 12.1 Å². The molecule has 1 saturated heterocycles. The average Bonchev–Trinajstić information content (AvgIpc) is 2.98. The van der Waals surface area contributed by atoms with Crippen LogP contribution in [0.5, 0.6) is 0 Å². The SMILES string of the molecule is CC(C)N1CCC(Cn2c(N)nc3cc(Cl)c(F)cc32)C1. The Hall–Kier alpha value is -1.33. The first-order valence-electron chi connectivity index (χ1n) is 7.30. The summed E-state index contributed by atoms with van der Waals surface area (Å²) in [4.78, 5) is 6.74. The molecule has 2 heterocycles. The van der Waals surface area contributed by atoms with Gasteiger partial charge in [0.1, 0.15) is 5.82 Å². The second-order valence-corrected chi connectivity index (χ2v) is 6.49. The van der Waals surface area contributed by atoms with Crippen molar-refractivity contribution in [2.75, 3.05) is 18.8 Å². The quantitative estimate of drug-likeness (QED) is 0.947. The van der Waals surface area contributed by atoms with Crippen molar-refractivity contribution in [1.82, 2.24) is 14.5 Å². The van der Waals surface area contributed by atoms with Gasteiger partial charge in [-0.2, -0.15) is 0 Å². The fraction of sp³-hybridized carbons (Fsp3) is 0.533. The number of benzene rings is 1. The van der Waals surface area contributed by atoms with Gasteiger partial charge in [-0.15, -0.1) is 0 Å². The van der Waals surface area contributed by atoms with E-state index in [4.69, 9.17) is 17.3 Å². The van der Waals surface area contributed by atoms with E-state index in [0.29, 0.717) is 23.4 Å². The molecule has 1 fully saturated rings. The summed E-state index contributed by atoms with van der Waals surface area (Å²) in [6.45, 7) is 7.34. The number of halogens is 2. The molecular formula is C15H20ClFN4. The summed E-state index contributed by atoms with van der Waals surface area (Å²) in [7, 11) is 0. The third kappa shape index (κ3) is 2.72. The molecule has 114 valence electrons. The van der Waals surface area contributed by atoms with Crippen molar-refractivity contribution in [3.8, 4) is 0 Å². The Labute approximate surface area is 128 Å². The summed E-state index contributed by atoms with van der Waals surface area (Å²) >= 11 is 5.80. The Morgan fingerprint density at radius 3 is 2.90 bits per heavy atom. The number of anilines is 1. The molecule has 3 rings (SSSR count). The first-order chi connectivity index (χ1) is 9.95. The highest BCUT2D eigenvalue weighted by molar-refractivity contribution is 6.31. The van der Waals surface area contributed by atoms with Gasteiger partial charge in [-0.25, -0.2) is 9.37 Å². The van der Waals surface area contributed by atoms with E-state index in [0.717, 1.165) is 31.6 Å². The lowest BCUT2D eigenvalue weighted by Crippen LogP contribution is -2.28. The standard InChI is InChI=1S/C15H20ClFN4/c1-9(2)20-4-3-10(7-20)8-21-14-6-12(17)11(16)5-13(14)19-15(21)18/h5-6,9-10H,3-4,7-8H2,1-2H3,(H2,18,19). The Kier molecular flexibility index (Phi) is 3.80. The van der Waals surface area contributed by atoms with E-state index in [-0.39, 0.29) is 5.02 Å². The van der Waals surface area contributed by atoms with Gasteiger partial charge in [0.05, 0.1) is 16.1 Å². The topological polar surface area (TPSA) is 47.1 Å². The van der Waals surface area contributed by atoms with Crippen LogP contribution in [0, 0.1) is 11.7 Å². The third-order valence-corrected chi connectivity index (χ3v) is 4.60. The molecule has 21 heavy (non-hydrogen) atoms.